The molecule has 84 valence electrons. The van der Waals surface area contributed by atoms with E-state index in [-0.39, 0.29) is 0 Å². The molecule has 1 aromatic carbocycles. The quantitative estimate of drug-likeness (QED) is 0.774. The van der Waals surface area contributed by atoms with E-state index < -0.39 is 0 Å². The van der Waals surface area contributed by atoms with Gasteiger partial charge in [0.1, 0.15) is 0 Å². The summed E-state index contributed by atoms with van der Waals surface area (Å²) in [5, 5.41) is 12.2. The van der Waals surface area contributed by atoms with Crippen LogP contribution in [0.25, 0.3) is 0 Å². The van der Waals surface area contributed by atoms with Crippen molar-refractivity contribution in [3.05, 3.63) is 29.3 Å². The van der Waals surface area contributed by atoms with Crippen molar-refractivity contribution in [3.63, 3.8) is 0 Å². The molecule has 0 atom stereocenters. The molecule has 0 unspecified atom stereocenters. The largest absolute Gasteiger partial charge is 0.370 e. The highest BCUT2D eigenvalue weighted by molar-refractivity contribution is 5.56. The standard InChI is InChI=1S/C13H17N3/c1-11-9-12(10-14)3-4-13(11)16-7-2-5-15-6-8-16/h3-4,9,15H,2,5-8H2,1H3. The maximum atomic E-state index is 8.83. The SMILES string of the molecule is Cc1cc(C#N)ccc1N1CCCNCC1. The highest BCUT2D eigenvalue weighted by atomic mass is 15.2. The summed E-state index contributed by atoms with van der Waals surface area (Å²) in [6.07, 6.45) is 1.18. The van der Waals surface area contributed by atoms with Gasteiger partial charge in [0, 0.05) is 25.3 Å². The Morgan fingerprint density at radius 2 is 2.19 bits per heavy atom. The molecule has 1 N–H and O–H groups in total. The minimum Gasteiger partial charge on any atom is -0.370 e. The number of hydrogen-bond acceptors (Lipinski definition) is 3. The van der Waals surface area contributed by atoms with Crippen LogP contribution in [0.3, 0.4) is 0 Å². The lowest BCUT2D eigenvalue weighted by atomic mass is 10.1. The van der Waals surface area contributed by atoms with E-state index in [4.69, 9.17) is 5.26 Å². The molecule has 3 heteroatoms. The molecular weight excluding hydrogens is 198 g/mol. The van der Waals surface area contributed by atoms with E-state index in [2.05, 4.69) is 29.3 Å². The van der Waals surface area contributed by atoms with Gasteiger partial charge in [-0.05, 0) is 43.7 Å². The number of nitrogens with one attached hydrogen (secondary N) is 1. The average Bonchev–Trinajstić information content (AvgIpc) is 2.57. The number of aryl methyl sites for hydroxylation is 1. The molecule has 2 rings (SSSR count). The first-order chi connectivity index (χ1) is 7.81. The summed E-state index contributed by atoms with van der Waals surface area (Å²) in [6, 6.07) is 8.12. The third kappa shape index (κ3) is 2.34. The van der Waals surface area contributed by atoms with Crippen LogP contribution in [0.4, 0.5) is 5.69 Å². The van der Waals surface area contributed by atoms with Crippen molar-refractivity contribution in [1.29, 1.82) is 5.26 Å². The third-order valence-electron chi connectivity index (χ3n) is 3.01. The molecule has 1 fully saturated rings. The second-order valence-corrected chi connectivity index (χ2v) is 4.20. The molecule has 1 heterocycles. The van der Waals surface area contributed by atoms with Crippen LogP contribution in [0.2, 0.25) is 0 Å². The van der Waals surface area contributed by atoms with Crippen LogP contribution in [0.5, 0.6) is 0 Å². The zero-order valence-electron chi connectivity index (χ0n) is 9.66. The maximum Gasteiger partial charge on any atom is 0.0991 e. The van der Waals surface area contributed by atoms with E-state index in [1.165, 1.54) is 17.7 Å². The van der Waals surface area contributed by atoms with E-state index in [1.54, 1.807) is 0 Å². The Labute approximate surface area is 96.7 Å². The van der Waals surface area contributed by atoms with Crippen molar-refractivity contribution < 1.29 is 0 Å². The molecule has 0 aliphatic carbocycles. The topological polar surface area (TPSA) is 39.1 Å². The number of benzene rings is 1. The van der Waals surface area contributed by atoms with Gasteiger partial charge in [-0.2, -0.15) is 5.26 Å². The highest BCUT2D eigenvalue weighted by Gasteiger charge is 2.11. The van der Waals surface area contributed by atoms with E-state index in [1.807, 2.05) is 12.1 Å². The van der Waals surface area contributed by atoms with Gasteiger partial charge in [0.15, 0.2) is 0 Å². The van der Waals surface area contributed by atoms with Gasteiger partial charge in [-0.1, -0.05) is 0 Å². The Hall–Kier alpha value is -1.53. The Balaban J connectivity index is 2.22. The van der Waals surface area contributed by atoms with E-state index in [0.717, 1.165) is 31.7 Å². The summed E-state index contributed by atoms with van der Waals surface area (Å²) in [5.41, 5.74) is 3.21. The fraction of sp³-hybridized carbons (Fsp3) is 0.462. The van der Waals surface area contributed by atoms with Crippen LogP contribution in [-0.4, -0.2) is 26.2 Å². The first-order valence-corrected chi connectivity index (χ1v) is 5.77. The van der Waals surface area contributed by atoms with Crippen LogP contribution >= 0.6 is 0 Å². The van der Waals surface area contributed by atoms with Crippen molar-refractivity contribution in [1.82, 2.24) is 5.32 Å². The molecule has 0 saturated carbocycles. The minimum atomic E-state index is 0.745. The van der Waals surface area contributed by atoms with Gasteiger partial charge in [-0.3, -0.25) is 0 Å². The number of nitrogens with zero attached hydrogens (tertiary/aromatic N) is 2. The summed E-state index contributed by atoms with van der Waals surface area (Å²) in [6.45, 7) is 6.37. The zero-order chi connectivity index (χ0) is 11.4. The Morgan fingerprint density at radius 3 is 2.94 bits per heavy atom. The fourth-order valence-corrected chi connectivity index (χ4v) is 2.17. The van der Waals surface area contributed by atoms with Crippen LogP contribution in [0, 0.1) is 18.3 Å². The van der Waals surface area contributed by atoms with Gasteiger partial charge in [0.2, 0.25) is 0 Å². The van der Waals surface area contributed by atoms with Gasteiger partial charge in [0.25, 0.3) is 0 Å². The average molecular weight is 215 g/mol. The Kier molecular flexibility index (Phi) is 3.43. The minimum absolute atomic E-state index is 0.745. The van der Waals surface area contributed by atoms with E-state index in [0.29, 0.717) is 0 Å². The Morgan fingerprint density at radius 1 is 1.31 bits per heavy atom. The molecule has 1 aliphatic heterocycles. The van der Waals surface area contributed by atoms with Crippen LogP contribution in [-0.2, 0) is 0 Å². The summed E-state index contributed by atoms with van der Waals surface area (Å²) in [4.78, 5) is 2.40. The molecule has 3 nitrogen and oxygen atoms in total. The maximum absolute atomic E-state index is 8.83. The van der Waals surface area contributed by atoms with Gasteiger partial charge in [0.05, 0.1) is 11.6 Å². The van der Waals surface area contributed by atoms with Crippen molar-refractivity contribution in [2.24, 2.45) is 0 Å². The molecule has 0 bridgehead atoms. The van der Waals surface area contributed by atoms with Crippen LogP contribution in [0.15, 0.2) is 18.2 Å². The second-order valence-electron chi connectivity index (χ2n) is 4.20. The molecule has 0 spiro atoms. The van der Waals surface area contributed by atoms with Gasteiger partial charge >= 0.3 is 0 Å². The first kappa shape index (κ1) is 11.0. The van der Waals surface area contributed by atoms with Gasteiger partial charge in [-0.15, -0.1) is 0 Å². The van der Waals surface area contributed by atoms with Gasteiger partial charge < -0.3 is 10.2 Å². The van der Waals surface area contributed by atoms with Crippen molar-refractivity contribution in [2.75, 3.05) is 31.1 Å². The van der Waals surface area contributed by atoms with Crippen molar-refractivity contribution in [3.8, 4) is 6.07 Å². The smallest absolute Gasteiger partial charge is 0.0991 e. The van der Waals surface area contributed by atoms with Crippen molar-refractivity contribution in [2.45, 2.75) is 13.3 Å². The summed E-state index contributed by atoms with van der Waals surface area (Å²) in [7, 11) is 0. The normalized spacial score (nSPS) is 16.6. The van der Waals surface area contributed by atoms with Crippen molar-refractivity contribution >= 4 is 5.69 Å². The van der Waals surface area contributed by atoms with Gasteiger partial charge in [-0.25, -0.2) is 0 Å². The van der Waals surface area contributed by atoms with Crippen LogP contribution < -0.4 is 10.2 Å². The van der Waals surface area contributed by atoms with Crippen LogP contribution in [0.1, 0.15) is 17.5 Å². The number of anilines is 1. The molecular formula is C13H17N3. The first-order valence-electron chi connectivity index (χ1n) is 5.77. The number of rotatable bonds is 1. The van der Waals surface area contributed by atoms with E-state index >= 15 is 0 Å². The summed E-state index contributed by atoms with van der Waals surface area (Å²) >= 11 is 0. The molecule has 0 radical (unpaired) electrons. The lowest BCUT2D eigenvalue weighted by molar-refractivity contribution is 0.724. The highest BCUT2D eigenvalue weighted by Crippen LogP contribution is 2.21. The molecule has 1 aromatic rings. The summed E-state index contributed by atoms with van der Waals surface area (Å²) < 4.78 is 0. The lowest BCUT2D eigenvalue weighted by Crippen LogP contribution is -2.28. The third-order valence-corrected chi connectivity index (χ3v) is 3.01. The molecule has 16 heavy (non-hydrogen) atoms. The monoisotopic (exact) mass is 215 g/mol. The molecule has 1 saturated heterocycles. The van der Waals surface area contributed by atoms with E-state index in [9.17, 15) is 0 Å². The lowest BCUT2D eigenvalue weighted by Gasteiger charge is -2.24. The Bertz CT molecular complexity index is 398. The molecule has 1 aliphatic rings. The number of hydrogen-bond donors (Lipinski definition) is 1. The number of nitriles is 1. The predicted octanol–water partition coefficient (Wildman–Crippen LogP) is 1.67. The second kappa shape index (κ2) is 5.00. The molecule has 0 aromatic heterocycles. The zero-order valence-corrected chi connectivity index (χ0v) is 9.66. The summed E-state index contributed by atoms with van der Waals surface area (Å²) in [5.74, 6) is 0. The predicted molar refractivity (Wildman–Crippen MR) is 65.6 cm³/mol. The molecule has 0 amide bonds. The fourth-order valence-electron chi connectivity index (χ4n) is 2.17.